The zero-order valence-electron chi connectivity index (χ0n) is 19.0. The summed E-state index contributed by atoms with van der Waals surface area (Å²) in [7, 11) is -3.49. The summed E-state index contributed by atoms with van der Waals surface area (Å²) in [6.07, 6.45) is -1.92. The molecule has 0 fully saturated rings. The Kier molecular flexibility index (Phi) is 7.78. The summed E-state index contributed by atoms with van der Waals surface area (Å²) in [4.78, 5) is 17.1. The predicted octanol–water partition coefficient (Wildman–Crippen LogP) is 5.72. The van der Waals surface area contributed by atoms with E-state index in [1.165, 1.54) is 42.1 Å². The van der Waals surface area contributed by atoms with Crippen molar-refractivity contribution in [1.82, 2.24) is 19.1 Å². The number of halogens is 4. The number of nitrogens with zero attached hydrogens (tertiary/aromatic N) is 4. The zero-order valence-corrected chi connectivity index (χ0v) is 23.0. The maximum atomic E-state index is 13.8. The fourth-order valence-corrected chi connectivity index (χ4v) is 5.41. The molecule has 15 heteroatoms. The van der Waals surface area contributed by atoms with E-state index in [2.05, 4.69) is 30.4 Å². The first-order valence-corrected chi connectivity index (χ1v) is 15.0. The van der Waals surface area contributed by atoms with E-state index >= 15 is 0 Å². The lowest BCUT2D eigenvalue weighted by atomic mass is 10.1. The number of hydrogen-bond acceptors (Lipinski definition) is 9. The molecule has 0 unspecified atom stereocenters. The van der Waals surface area contributed by atoms with Gasteiger partial charge in [0, 0.05) is 11.8 Å². The van der Waals surface area contributed by atoms with Gasteiger partial charge in [-0.2, -0.15) is 22.6 Å². The molecular formula is C22H16BrF3N4O4S3. The summed E-state index contributed by atoms with van der Waals surface area (Å²) in [6, 6.07) is 10.8. The van der Waals surface area contributed by atoms with Gasteiger partial charge in [-0.05, 0) is 58.0 Å². The quantitative estimate of drug-likeness (QED) is 0.188. The average molecular weight is 633 g/mol. The van der Waals surface area contributed by atoms with Crippen molar-refractivity contribution in [3.8, 4) is 27.8 Å². The first kappa shape index (κ1) is 27.3. The van der Waals surface area contributed by atoms with Crippen molar-refractivity contribution < 1.29 is 31.1 Å². The lowest BCUT2D eigenvalue weighted by molar-refractivity contribution is -0.137. The molecule has 0 aliphatic rings. The molecule has 8 nitrogen and oxygen atoms in total. The Morgan fingerprint density at radius 2 is 1.92 bits per heavy atom. The SMILES string of the molecule is CSCOC(=O)c1nn(-c2ccccc2C(F)(F)F)c(-c2nsc(-c3cccc(S(C)(=O)=O)c3)n2)c1Br. The van der Waals surface area contributed by atoms with Gasteiger partial charge < -0.3 is 4.74 Å². The lowest BCUT2D eigenvalue weighted by Gasteiger charge is -2.14. The van der Waals surface area contributed by atoms with Gasteiger partial charge >= 0.3 is 12.1 Å². The van der Waals surface area contributed by atoms with Crippen LogP contribution in [0.25, 0.3) is 27.8 Å². The molecule has 4 aromatic rings. The van der Waals surface area contributed by atoms with Crippen LogP contribution in [0.2, 0.25) is 0 Å². The highest BCUT2D eigenvalue weighted by molar-refractivity contribution is 9.10. The van der Waals surface area contributed by atoms with Gasteiger partial charge in [-0.3, -0.25) is 0 Å². The minimum absolute atomic E-state index is 0.00503. The molecular weight excluding hydrogens is 617 g/mol. The van der Waals surface area contributed by atoms with Crippen LogP contribution >= 0.6 is 39.2 Å². The highest BCUT2D eigenvalue weighted by Crippen LogP contribution is 2.39. The van der Waals surface area contributed by atoms with Crippen LogP contribution in [0.5, 0.6) is 0 Å². The van der Waals surface area contributed by atoms with Crippen molar-refractivity contribution in [3.63, 3.8) is 0 Å². The number of alkyl halides is 3. The minimum atomic E-state index is -4.71. The summed E-state index contributed by atoms with van der Waals surface area (Å²) in [5.74, 6) is -0.852. The first-order valence-electron chi connectivity index (χ1n) is 10.2. The van der Waals surface area contributed by atoms with Crippen molar-refractivity contribution in [2.75, 3.05) is 18.5 Å². The molecule has 0 saturated heterocycles. The van der Waals surface area contributed by atoms with E-state index in [0.717, 1.165) is 28.5 Å². The van der Waals surface area contributed by atoms with Crippen LogP contribution in [0.1, 0.15) is 16.1 Å². The Morgan fingerprint density at radius 3 is 2.59 bits per heavy atom. The fourth-order valence-electron chi connectivity index (χ4n) is 3.27. The summed E-state index contributed by atoms with van der Waals surface area (Å²) < 4.78 is 75.8. The summed E-state index contributed by atoms with van der Waals surface area (Å²) >= 11 is 5.43. The molecule has 37 heavy (non-hydrogen) atoms. The third kappa shape index (κ3) is 5.73. The normalized spacial score (nSPS) is 12.1. The molecule has 0 aliphatic carbocycles. The smallest absolute Gasteiger partial charge is 0.418 e. The third-order valence-electron chi connectivity index (χ3n) is 4.91. The van der Waals surface area contributed by atoms with Crippen molar-refractivity contribution in [3.05, 3.63) is 64.3 Å². The first-order chi connectivity index (χ1) is 17.4. The standard InChI is InChI=1S/C22H16BrF3N4O4S3/c1-35-11-34-21(31)17-16(23)18(30(28-17)15-9-4-3-8-14(15)22(24,25)26)19-27-20(36-29-19)12-6-5-7-13(10-12)37(2,32)33/h3-10H,11H2,1-2H3. The zero-order chi connectivity index (χ0) is 27.0. The monoisotopic (exact) mass is 632 g/mol. The summed E-state index contributed by atoms with van der Waals surface area (Å²) in [6.45, 7) is 0. The number of carbonyl (C=O) groups is 1. The van der Waals surface area contributed by atoms with Gasteiger partial charge in [0.1, 0.15) is 16.6 Å². The number of thioether (sulfide) groups is 1. The van der Waals surface area contributed by atoms with E-state index in [4.69, 9.17) is 4.74 Å². The van der Waals surface area contributed by atoms with Crippen LogP contribution in [-0.2, 0) is 20.8 Å². The second-order valence-corrected chi connectivity index (χ2v) is 11.9. The molecule has 2 heterocycles. The van der Waals surface area contributed by atoms with Gasteiger partial charge in [-0.1, -0.05) is 24.3 Å². The number of rotatable bonds is 7. The van der Waals surface area contributed by atoms with Crippen LogP contribution in [0, 0.1) is 0 Å². The van der Waals surface area contributed by atoms with Crippen LogP contribution in [-0.4, -0.2) is 52.0 Å². The van der Waals surface area contributed by atoms with Gasteiger partial charge in [-0.25, -0.2) is 22.9 Å². The molecule has 194 valence electrons. The number of aromatic nitrogens is 4. The number of benzene rings is 2. The molecule has 0 radical (unpaired) electrons. The minimum Gasteiger partial charge on any atom is -0.450 e. The number of ether oxygens (including phenoxy) is 1. The predicted molar refractivity (Wildman–Crippen MR) is 138 cm³/mol. The highest BCUT2D eigenvalue weighted by atomic mass is 79.9. The van der Waals surface area contributed by atoms with Crippen molar-refractivity contribution in [1.29, 1.82) is 0 Å². The molecule has 0 saturated carbocycles. The molecule has 2 aromatic carbocycles. The molecule has 0 atom stereocenters. The van der Waals surface area contributed by atoms with Gasteiger partial charge in [0.05, 0.1) is 20.6 Å². The fraction of sp³-hybridized carbons (Fsp3) is 0.182. The Bertz CT molecular complexity index is 1590. The van der Waals surface area contributed by atoms with E-state index in [1.54, 1.807) is 18.4 Å². The van der Waals surface area contributed by atoms with Gasteiger partial charge in [-0.15, -0.1) is 11.8 Å². The van der Waals surface area contributed by atoms with E-state index in [1.807, 2.05) is 0 Å². The van der Waals surface area contributed by atoms with E-state index < -0.39 is 27.5 Å². The second-order valence-electron chi connectivity index (χ2n) is 7.50. The Labute approximate surface area is 226 Å². The number of para-hydroxylation sites is 1. The molecule has 2 aromatic heterocycles. The van der Waals surface area contributed by atoms with Gasteiger partial charge in [0.25, 0.3) is 0 Å². The van der Waals surface area contributed by atoms with Crippen molar-refractivity contribution >= 4 is 55.0 Å². The number of sulfone groups is 1. The Hall–Kier alpha value is -2.75. The van der Waals surface area contributed by atoms with Crippen LogP contribution in [0.4, 0.5) is 13.2 Å². The molecule has 4 rings (SSSR count). The Balaban J connectivity index is 1.90. The van der Waals surface area contributed by atoms with Crippen LogP contribution < -0.4 is 0 Å². The van der Waals surface area contributed by atoms with E-state index in [0.29, 0.717) is 10.6 Å². The topological polar surface area (TPSA) is 104 Å². The van der Waals surface area contributed by atoms with Crippen molar-refractivity contribution in [2.24, 2.45) is 0 Å². The largest absolute Gasteiger partial charge is 0.450 e. The number of hydrogen-bond donors (Lipinski definition) is 0. The number of carbonyl (C=O) groups excluding carboxylic acids is 1. The summed E-state index contributed by atoms with van der Waals surface area (Å²) in [5.41, 5.74) is -1.13. The molecule has 0 spiro atoms. The van der Waals surface area contributed by atoms with Gasteiger partial charge in [0.2, 0.25) is 0 Å². The lowest BCUT2D eigenvalue weighted by Crippen LogP contribution is -2.13. The van der Waals surface area contributed by atoms with Crippen LogP contribution in [0.15, 0.2) is 57.9 Å². The highest BCUT2D eigenvalue weighted by Gasteiger charge is 2.36. The third-order valence-corrected chi connectivity index (χ3v) is 7.89. The molecule has 0 aliphatic heterocycles. The molecule has 0 bridgehead atoms. The number of esters is 1. The van der Waals surface area contributed by atoms with E-state index in [9.17, 15) is 26.4 Å². The average Bonchev–Trinajstić information content (AvgIpc) is 3.46. The molecule has 0 N–H and O–H groups in total. The maximum absolute atomic E-state index is 13.8. The van der Waals surface area contributed by atoms with Gasteiger partial charge in [0.15, 0.2) is 21.4 Å². The second kappa shape index (κ2) is 10.6. The molecule has 0 amide bonds. The van der Waals surface area contributed by atoms with Crippen LogP contribution in [0.3, 0.4) is 0 Å². The van der Waals surface area contributed by atoms with E-state index in [-0.39, 0.29) is 38.2 Å². The summed E-state index contributed by atoms with van der Waals surface area (Å²) in [5, 5.41) is 4.46. The van der Waals surface area contributed by atoms with Crippen molar-refractivity contribution in [2.45, 2.75) is 11.1 Å². The maximum Gasteiger partial charge on any atom is 0.418 e. The Morgan fingerprint density at radius 1 is 1.19 bits per heavy atom.